The molecule has 0 aliphatic heterocycles. The number of aryl methyl sites for hydroxylation is 1. The van der Waals surface area contributed by atoms with Crippen LogP contribution in [0.15, 0.2) is 46.1 Å². The first-order valence-corrected chi connectivity index (χ1v) is 9.89. The van der Waals surface area contributed by atoms with Crippen molar-refractivity contribution in [1.29, 1.82) is 0 Å². The van der Waals surface area contributed by atoms with Gasteiger partial charge in [0.15, 0.2) is 0 Å². The van der Waals surface area contributed by atoms with Crippen LogP contribution < -0.4 is 0 Å². The normalized spacial score (nSPS) is 12.0. The van der Waals surface area contributed by atoms with E-state index in [1.165, 1.54) is 38.8 Å². The molecule has 0 saturated heterocycles. The minimum Gasteiger partial charge on any atom is -0.472 e. The fraction of sp³-hybridized carbons (Fsp3) is 0.333. The fourth-order valence-electron chi connectivity index (χ4n) is 2.71. The molecule has 2 heterocycles. The zero-order valence-corrected chi connectivity index (χ0v) is 16.2. The number of ether oxygens (including phenoxy) is 1. The number of fused-ring (bicyclic) bond motifs is 1. The molecule has 0 atom stereocenters. The van der Waals surface area contributed by atoms with Gasteiger partial charge in [0.25, 0.3) is 0 Å². The minimum atomic E-state index is -3.55. The van der Waals surface area contributed by atoms with Crippen molar-refractivity contribution in [3.63, 3.8) is 0 Å². The van der Waals surface area contributed by atoms with Crippen LogP contribution in [-0.2, 0) is 27.9 Å². The maximum Gasteiger partial charge on any atom is 0.341 e. The number of nitrogens with zero attached hydrogens (tertiary/aromatic N) is 3. The van der Waals surface area contributed by atoms with Gasteiger partial charge >= 0.3 is 5.97 Å². The summed E-state index contributed by atoms with van der Waals surface area (Å²) < 4.78 is 38.0. The van der Waals surface area contributed by atoms with Gasteiger partial charge in [-0.15, -0.1) is 0 Å². The quantitative estimate of drug-likeness (QED) is 0.575. The van der Waals surface area contributed by atoms with Gasteiger partial charge in [-0.3, -0.25) is 0 Å². The van der Waals surface area contributed by atoms with E-state index >= 15 is 0 Å². The second-order valence-corrected chi connectivity index (χ2v) is 8.36. The molecule has 0 saturated carbocycles. The maximum absolute atomic E-state index is 12.4. The highest BCUT2D eigenvalue weighted by Gasteiger charge is 2.20. The second kappa shape index (κ2) is 7.53. The molecule has 0 bridgehead atoms. The summed E-state index contributed by atoms with van der Waals surface area (Å²) in [5, 5.41) is 0. The van der Waals surface area contributed by atoms with Crippen molar-refractivity contribution >= 4 is 27.0 Å². The summed E-state index contributed by atoms with van der Waals surface area (Å²) in [6.45, 7) is 2.68. The van der Waals surface area contributed by atoms with Gasteiger partial charge in [0.2, 0.25) is 10.0 Å². The molecule has 0 radical (unpaired) electrons. The highest BCUT2D eigenvalue weighted by Crippen LogP contribution is 2.23. The summed E-state index contributed by atoms with van der Waals surface area (Å²) in [6, 6.07) is 6.36. The van der Waals surface area contributed by atoms with Crippen molar-refractivity contribution < 1.29 is 22.4 Å². The lowest BCUT2D eigenvalue weighted by atomic mass is 10.3. The summed E-state index contributed by atoms with van der Waals surface area (Å²) >= 11 is 0. The summed E-state index contributed by atoms with van der Waals surface area (Å²) in [4.78, 5) is 16.7. The van der Waals surface area contributed by atoms with E-state index in [-0.39, 0.29) is 11.5 Å². The SMILES string of the molecule is CCCn1c(COC(=O)c2ccoc2)nc2cc(S(=O)(=O)N(C)C)ccc21. The lowest BCUT2D eigenvalue weighted by molar-refractivity contribution is 0.0457. The number of furan rings is 1. The number of imidazole rings is 1. The number of aromatic nitrogens is 2. The number of rotatable bonds is 7. The molecule has 0 N–H and O–H groups in total. The summed E-state index contributed by atoms with van der Waals surface area (Å²) in [7, 11) is -0.587. The Morgan fingerprint density at radius 1 is 1.30 bits per heavy atom. The van der Waals surface area contributed by atoms with Crippen molar-refractivity contribution in [3.8, 4) is 0 Å². The molecule has 27 heavy (non-hydrogen) atoms. The third-order valence-corrected chi connectivity index (χ3v) is 5.92. The second-order valence-electron chi connectivity index (χ2n) is 6.21. The van der Waals surface area contributed by atoms with Crippen LogP contribution in [0.3, 0.4) is 0 Å². The molecule has 3 aromatic rings. The van der Waals surface area contributed by atoms with Crippen LogP contribution in [0.25, 0.3) is 11.0 Å². The summed E-state index contributed by atoms with van der Waals surface area (Å²) in [5.74, 6) is 0.0535. The van der Waals surface area contributed by atoms with Gasteiger partial charge in [-0.2, -0.15) is 0 Å². The first-order chi connectivity index (χ1) is 12.8. The van der Waals surface area contributed by atoms with Gasteiger partial charge in [-0.05, 0) is 30.7 Å². The van der Waals surface area contributed by atoms with Crippen LogP contribution in [0.1, 0.15) is 29.5 Å². The topological polar surface area (TPSA) is 94.6 Å². The number of hydrogen-bond acceptors (Lipinski definition) is 6. The van der Waals surface area contributed by atoms with E-state index in [0.29, 0.717) is 23.4 Å². The van der Waals surface area contributed by atoms with E-state index in [2.05, 4.69) is 4.98 Å². The monoisotopic (exact) mass is 391 g/mol. The summed E-state index contributed by atoms with van der Waals surface area (Å²) in [6.07, 6.45) is 3.57. The standard InChI is InChI=1S/C18H21N3O5S/c1-4-8-21-16-6-5-14(27(23,24)20(2)3)10-15(16)19-17(21)12-26-18(22)13-7-9-25-11-13/h5-7,9-11H,4,8,12H2,1-3H3. The van der Waals surface area contributed by atoms with Crippen molar-refractivity contribution in [3.05, 3.63) is 48.2 Å². The van der Waals surface area contributed by atoms with Gasteiger partial charge in [0.1, 0.15) is 18.7 Å². The molecule has 1 aromatic carbocycles. The van der Waals surface area contributed by atoms with Gasteiger partial charge in [-0.25, -0.2) is 22.5 Å². The molecule has 2 aromatic heterocycles. The van der Waals surface area contributed by atoms with Crippen molar-refractivity contribution in [2.24, 2.45) is 0 Å². The first kappa shape index (κ1) is 19.1. The number of carbonyl (C=O) groups excluding carboxylic acids is 1. The molecular weight excluding hydrogens is 370 g/mol. The Balaban J connectivity index is 1.94. The predicted octanol–water partition coefficient (Wildman–Crippen LogP) is 2.65. The number of hydrogen-bond donors (Lipinski definition) is 0. The van der Waals surface area contributed by atoms with Crippen LogP contribution in [0.4, 0.5) is 0 Å². The average Bonchev–Trinajstić information content (AvgIpc) is 3.28. The largest absolute Gasteiger partial charge is 0.472 e. The number of esters is 1. The maximum atomic E-state index is 12.4. The summed E-state index contributed by atoms with van der Waals surface area (Å²) in [5.41, 5.74) is 1.66. The molecule has 0 aliphatic carbocycles. The Kier molecular flexibility index (Phi) is 5.33. The zero-order valence-electron chi connectivity index (χ0n) is 15.4. The van der Waals surface area contributed by atoms with E-state index in [1.54, 1.807) is 12.1 Å². The zero-order chi connectivity index (χ0) is 19.6. The van der Waals surface area contributed by atoms with Gasteiger partial charge in [0.05, 0.1) is 27.8 Å². The Bertz CT molecular complexity index is 1050. The molecule has 3 rings (SSSR count). The molecule has 0 amide bonds. The minimum absolute atomic E-state index is 0.0194. The first-order valence-electron chi connectivity index (χ1n) is 8.45. The van der Waals surface area contributed by atoms with Crippen LogP contribution in [0.5, 0.6) is 0 Å². The van der Waals surface area contributed by atoms with Gasteiger partial charge in [-0.1, -0.05) is 6.92 Å². The van der Waals surface area contributed by atoms with Gasteiger partial charge in [0, 0.05) is 20.6 Å². The molecule has 0 fully saturated rings. The molecule has 9 heteroatoms. The van der Waals surface area contributed by atoms with Crippen molar-refractivity contribution in [1.82, 2.24) is 13.9 Å². The van der Waals surface area contributed by atoms with E-state index in [4.69, 9.17) is 9.15 Å². The molecule has 0 unspecified atom stereocenters. The predicted molar refractivity (Wildman–Crippen MR) is 98.7 cm³/mol. The number of sulfonamides is 1. The highest BCUT2D eigenvalue weighted by molar-refractivity contribution is 7.89. The Morgan fingerprint density at radius 2 is 2.07 bits per heavy atom. The Morgan fingerprint density at radius 3 is 2.70 bits per heavy atom. The molecule has 0 spiro atoms. The van der Waals surface area contributed by atoms with E-state index in [0.717, 1.165) is 16.2 Å². The van der Waals surface area contributed by atoms with Crippen LogP contribution in [0.2, 0.25) is 0 Å². The molecule has 8 nitrogen and oxygen atoms in total. The van der Waals surface area contributed by atoms with Crippen LogP contribution >= 0.6 is 0 Å². The smallest absolute Gasteiger partial charge is 0.341 e. The van der Waals surface area contributed by atoms with Crippen LogP contribution in [0, 0.1) is 0 Å². The van der Waals surface area contributed by atoms with Gasteiger partial charge < -0.3 is 13.7 Å². The van der Waals surface area contributed by atoms with E-state index in [9.17, 15) is 13.2 Å². The number of carbonyl (C=O) groups is 1. The molecular formula is C18H21N3O5S. The Hall–Kier alpha value is -2.65. The lowest BCUT2D eigenvalue weighted by Crippen LogP contribution is -2.22. The van der Waals surface area contributed by atoms with Crippen molar-refractivity contribution in [2.45, 2.75) is 31.4 Å². The average molecular weight is 391 g/mol. The number of benzene rings is 1. The highest BCUT2D eigenvalue weighted by atomic mass is 32.2. The third kappa shape index (κ3) is 3.74. The van der Waals surface area contributed by atoms with Crippen LogP contribution in [-0.4, -0.2) is 42.3 Å². The van der Waals surface area contributed by atoms with E-state index in [1.807, 2.05) is 11.5 Å². The fourth-order valence-corrected chi connectivity index (χ4v) is 3.63. The third-order valence-electron chi connectivity index (χ3n) is 4.11. The molecule has 0 aliphatic rings. The molecule has 144 valence electrons. The van der Waals surface area contributed by atoms with E-state index < -0.39 is 16.0 Å². The van der Waals surface area contributed by atoms with Crippen molar-refractivity contribution in [2.75, 3.05) is 14.1 Å². The lowest BCUT2D eigenvalue weighted by Gasteiger charge is -2.11. The Labute approximate surface area is 157 Å².